The maximum atomic E-state index is 11.6. The molecule has 0 aliphatic rings. The molecule has 0 bridgehead atoms. The van der Waals surface area contributed by atoms with Crippen molar-refractivity contribution in [1.82, 2.24) is 10.6 Å². The van der Waals surface area contributed by atoms with Gasteiger partial charge in [0.25, 0.3) is 0 Å². The molecule has 0 atom stereocenters. The van der Waals surface area contributed by atoms with E-state index < -0.39 is 0 Å². The molecule has 1 rings (SSSR count). The first-order valence-electron chi connectivity index (χ1n) is 8.59. The van der Waals surface area contributed by atoms with Gasteiger partial charge in [-0.1, -0.05) is 39.8 Å². The Balaban J connectivity index is 2.19. The Labute approximate surface area is 145 Å². The van der Waals surface area contributed by atoms with E-state index in [0.29, 0.717) is 26.0 Å². The first kappa shape index (κ1) is 20.0. The van der Waals surface area contributed by atoms with E-state index in [1.807, 2.05) is 19.1 Å². The molecular weight excluding hydrogens is 304 g/mol. The van der Waals surface area contributed by atoms with E-state index in [9.17, 15) is 9.59 Å². The maximum Gasteiger partial charge on any atom is 0.239 e. The molecule has 5 heteroatoms. The van der Waals surface area contributed by atoms with Crippen LogP contribution in [0, 0.1) is 0 Å². The van der Waals surface area contributed by atoms with E-state index in [1.54, 1.807) is 0 Å². The molecule has 0 unspecified atom stereocenters. The van der Waals surface area contributed by atoms with Crippen molar-refractivity contribution < 1.29 is 14.3 Å². The van der Waals surface area contributed by atoms with Gasteiger partial charge in [0.15, 0.2) is 0 Å². The highest BCUT2D eigenvalue weighted by Crippen LogP contribution is 2.24. The van der Waals surface area contributed by atoms with Crippen LogP contribution in [0.15, 0.2) is 24.3 Å². The Hall–Kier alpha value is -2.04. The average molecular weight is 334 g/mol. The second-order valence-electron chi connectivity index (χ2n) is 6.85. The van der Waals surface area contributed by atoms with Crippen LogP contribution in [0.4, 0.5) is 0 Å². The molecule has 1 aromatic carbocycles. The van der Waals surface area contributed by atoms with Crippen molar-refractivity contribution in [1.29, 1.82) is 0 Å². The van der Waals surface area contributed by atoms with Gasteiger partial charge in [0.2, 0.25) is 11.8 Å². The predicted molar refractivity (Wildman–Crippen MR) is 96.2 cm³/mol. The lowest BCUT2D eigenvalue weighted by molar-refractivity contribution is -0.126. The second kappa shape index (κ2) is 9.96. The first-order chi connectivity index (χ1) is 11.3. The van der Waals surface area contributed by atoms with Gasteiger partial charge in [-0.3, -0.25) is 9.59 Å². The summed E-state index contributed by atoms with van der Waals surface area (Å²) in [5.74, 6) is 0.524. The molecule has 24 heavy (non-hydrogen) atoms. The van der Waals surface area contributed by atoms with E-state index in [4.69, 9.17) is 4.74 Å². The number of carbonyl (C=O) groups is 2. The SMILES string of the molecule is CCCNC(=O)CNC(=O)CCCOc1ccc(C(C)(C)C)cc1. The number of carbonyl (C=O) groups excluding carboxylic acids is 2. The lowest BCUT2D eigenvalue weighted by atomic mass is 9.87. The third kappa shape index (κ3) is 7.99. The molecule has 0 spiro atoms. The van der Waals surface area contributed by atoms with Crippen molar-refractivity contribution in [2.45, 2.75) is 52.4 Å². The highest BCUT2D eigenvalue weighted by Gasteiger charge is 2.13. The van der Waals surface area contributed by atoms with E-state index in [1.165, 1.54) is 5.56 Å². The van der Waals surface area contributed by atoms with Gasteiger partial charge in [0.05, 0.1) is 13.2 Å². The lowest BCUT2D eigenvalue weighted by Gasteiger charge is -2.19. The van der Waals surface area contributed by atoms with Crippen molar-refractivity contribution in [3.63, 3.8) is 0 Å². The fourth-order valence-electron chi connectivity index (χ4n) is 2.07. The van der Waals surface area contributed by atoms with Crippen LogP contribution in [-0.2, 0) is 15.0 Å². The minimum Gasteiger partial charge on any atom is -0.494 e. The fraction of sp³-hybridized carbons (Fsp3) is 0.579. The highest BCUT2D eigenvalue weighted by molar-refractivity contribution is 5.84. The quantitative estimate of drug-likeness (QED) is 0.682. The third-order valence-corrected chi connectivity index (χ3v) is 3.56. The third-order valence-electron chi connectivity index (χ3n) is 3.56. The molecule has 0 radical (unpaired) electrons. The van der Waals surface area contributed by atoms with Crippen LogP contribution in [0.5, 0.6) is 5.75 Å². The molecule has 0 fully saturated rings. The summed E-state index contributed by atoms with van der Waals surface area (Å²) in [6, 6.07) is 8.05. The summed E-state index contributed by atoms with van der Waals surface area (Å²) >= 11 is 0. The standard InChI is InChI=1S/C19H30N2O3/c1-5-12-20-18(23)14-21-17(22)7-6-13-24-16-10-8-15(9-11-16)19(2,3)4/h8-11H,5-7,12-14H2,1-4H3,(H,20,23)(H,21,22). The summed E-state index contributed by atoms with van der Waals surface area (Å²) in [6.07, 6.45) is 1.85. The Morgan fingerprint density at radius 1 is 1.04 bits per heavy atom. The normalized spacial score (nSPS) is 11.0. The molecule has 0 saturated carbocycles. The summed E-state index contributed by atoms with van der Waals surface area (Å²) in [6.45, 7) is 9.64. The van der Waals surface area contributed by atoms with Crippen LogP contribution >= 0.6 is 0 Å². The number of benzene rings is 1. The molecular formula is C19H30N2O3. The van der Waals surface area contributed by atoms with Gasteiger partial charge in [-0.25, -0.2) is 0 Å². The number of ether oxygens (including phenoxy) is 1. The van der Waals surface area contributed by atoms with Gasteiger partial charge in [-0.05, 0) is 36.0 Å². The second-order valence-corrected chi connectivity index (χ2v) is 6.85. The smallest absolute Gasteiger partial charge is 0.239 e. The predicted octanol–water partition coefficient (Wildman–Crippen LogP) is 2.79. The molecule has 0 saturated heterocycles. The van der Waals surface area contributed by atoms with Gasteiger partial charge >= 0.3 is 0 Å². The molecule has 1 aromatic rings. The summed E-state index contributed by atoms with van der Waals surface area (Å²) in [5, 5.41) is 5.32. The van der Waals surface area contributed by atoms with Crippen LogP contribution in [-0.4, -0.2) is 31.5 Å². The molecule has 5 nitrogen and oxygen atoms in total. The molecule has 0 aliphatic heterocycles. The van der Waals surface area contributed by atoms with Crippen molar-refractivity contribution in [3.8, 4) is 5.75 Å². The zero-order valence-electron chi connectivity index (χ0n) is 15.3. The van der Waals surface area contributed by atoms with Crippen LogP contribution in [0.2, 0.25) is 0 Å². The fourth-order valence-corrected chi connectivity index (χ4v) is 2.07. The molecule has 0 heterocycles. The Morgan fingerprint density at radius 3 is 2.29 bits per heavy atom. The molecule has 0 aliphatic carbocycles. The van der Waals surface area contributed by atoms with Crippen molar-refractivity contribution in [3.05, 3.63) is 29.8 Å². The number of amides is 2. The van der Waals surface area contributed by atoms with Gasteiger partial charge in [0, 0.05) is 13.0 Å². The number of nitrogens with one attached hydrogen (secondary N) is 2. The lowest BCUT2D eigenvalue weighted by Crippen LogP contribution is -2.37. The largest absolute Gasteiger partial charge is 0.494 e. The summed E-state index contributed by atoms with van der Waals surface area (Å²) in [5.41, 5.74) is 1.38. The minimum absolute atomic E-state index is 0.0357. The maximum absolute atomic E-state index is 11.6. The minimum atomic E-state index is -0.152. The molecule has 2 amide bonds. The zero-order chi connectivity index (χ0) is 18.0. The van der Waals surface area contributed by atoms with E-state index in [-0.39, 0.29) is 23.8 Å². The van der Waals surface area contributed by atoms with Crippen LogP contribution < -0.4 is 15.4 Å². The van der Waals surface area contributed by atoms with Crippen LogP contribution in [0.3, 0.4) is 0 Å². The summed E-state index contributed by atoms with van der Waals surface area (Å²) in [4.78, 5) is 23.0. The van der Waals surface area contributed by atoms with Crippen molar-refractivity contribution >= 4 is 11.8 Å². The summed E-state index contributed by atoms with van der Waals surface area (Å²) in [7, 11) is 0. The monoisotopic (exact) mass is 334 g/mol. The topological polar surface area (TPSA) is 67.4 Å². The number of hydrogen-bond donors (Lipinski definition) is 2. The molecule has 2 N–H and O–H groups in total. The Kier molecular flexibility index (Phi) is 8.30. The van der Waals surface area contributed by atoms with Crippen LogP contribution in [0.1, 0.15) is 52.5 Å². The van der Waals surface area contributed by atoms with Gasteiger partial charge in [0.1, 0.15) is 5.75 Å². The van der Waals surface area contributed by atoms with Gasteiger partial charge in [-0.15, -0.1) is 0 Å². The highest BCUT2D eigenvalue weighted by atomic mass is 16.5. The Bertz CT molecular complexity index is 518. The number of rotatable bonds is 9. The molecule has 134 valence electrons. The molecule has 0 aromatic heterocycles. The average Bonchev–Trinajstić information content (AvgIpc) is 2.54. The van der Waals surface area contributed by atoms with Gasteiger partial charge in [-0.2, -0.15) is 0 Å². The van der Waals surface area contributed by atoms with E-state index in [2.05, 4.69) is 43.5 Å². The van der Waals surface area contributed by atoms with Crippen molar-refractivity contribution in [2.75, 3.05) is 19.7 Å². The van der Waals surface area contributed by atoms with E-state index >= 15 is 0 Å². The van der Waals surface area contributed by atoms with Crippen LogP contribution in [0.25, 0.3) is 0 Å². The first-order valence-corrected chi connectivity index (χ1v) is 8.59. The van der Waals surface area contributed by atoms with Gasteiger partial charge < -0.3 is 15.4 Å². The summed E-state index contributed by atoms with van der Waals surface area (Å²) < 4.78 is 5.64. The number of hydrogen-bond acceptors (Lipinski definition) is 3. The van der Waals surface area contributed by atoms with E-state index in [0.717, 1.165) is 12.2 Å². The van der Waals surface area contributed by atoms with Crippen molar-refractivity contribution in [2.24, 2.45) is 0 Å². The zero-order valence-corrected chi connectivity index (χ0v) is 15.3. The Morgan fingerprint density at radius 2 is 1.71 bits per heavy atom.